The van der Waals surface area contributed by atoms with Gasteiger partial charge in [-0.05, 0) is 31.9 Å². The van der Waals surface area contributed by atoms with Crippen LogP contribution in [0, 0.1) is 0 Å². The minimum atomic E-state index is -0.644. The first-order valence-electron chi connectivity index (χ1n) is 7.39. The van der Waals surface area contributed by atoms with Gasteiger partial charge in [0.15, 0.2) is 5.76 Å². The summed E-state index contributed by atoms with van der Waals surface area (Å²) in [6.07, 6.45) is 5.23. The summed E-state index contributed by atoms with van der Waals surface area (Å²) < 4.78 is 5.01. The van der Waals surface area contributed by atoms with Crippen molar-refractivity contribution in [2.45, 2.75) is 44.7 Å². The van der Waals surface area contributed by atoms with Gasteiger partial charge in [0, 0.05) is 6.54 Å². The lowest BCUT2D eigenvalue weighted by atomic mass is 10.1. The third-order valence-electron chi connectivity index (χ3n) is 3.83. The van der Waals surface area contributed by atoms with Gasteiger partial charge in [0.1, 0.15) is 6.04 Å². The van der Waals surface area contributed by atoms with E-state index in [9.17, 15) is 14.7 Å². The molecule has 1 aromatic rings. The number of amides is 2. The summed E-state index contributed by atoms with van der Waals surface area (Å²) in [4.78, 5) is 26.1. The van der Waals surface area contributed by atoms with Gasteiger partial charge in [-0.3, -0.25) is 9.59 Å². The normalized spacial score (nSPS) is 20.7. The fraction of sp³-hybridized carbons (Fsp3) is 0.600. The Labute approximate surface area is 124 Å². The maximum absolute atomic E-state index is 12.5. The summed E-state index contributed by atoms with van der Waals surface area (Å²) in [7, 11) is 0. The largest absolute Gasteiger partial charge is 0.459 e. The molecule has 0 spiro atoms. The van der Waals surface area contributed by atoms with Crippen molar-refractivity contribution in [1.82, 2.24) is 10.2 Å². The predicted octanol–water partition coefficient (Wildman–Crippen LogP) is 1.16. The number of furan rings is 1. The van der Waals surface area contributed by atoms with Gasteiger partial charge in [-0.1, -0.05) is 12.8 Å². The standard InChI is InChI=1S/C15H22N2O4/c1-11(16-14(19)13-7-5-9-21-13)15(20)17-8-4-2-3-6-12(17)10-18/h5,7,9,11-12,18H,2-4,6,8,10H2,1H3,(H,16,19). The highest BCUT2D eigenvalue weighted by molar-refractivity contribution is 5.95. The van der Waals surface area contributed by atoms with E-state index in [0.717, 1.165) is 25.7 Å². The van der Waals surface area contributed by atoms with Gasteiger partial charge in [0.05, 0.1) is 18.9 Å². The number of hydrogen-bond acceptors (Lipinski definition) is 4. The summed E-state index contributed by atoms with van der Waals surface area (Å²) in [5.74, 6) is -0.378. The third kappa shape index (κ3) is 3.85. The van der Waals surface area contributed by atoms with Crippen LogP contribution < -0.4 is 5.32 Å². The molecule has 2 rings (SSSR count). The molecule has 1 aliphatic rings. The molecule has 2 heterocycles. The second-order valence-corrected chi connectivity index (χ2v) is 5.39. The minimum Gasteiger partial charge on any atom is -0.459 e. The van der Waals surface area contributed by atoms with Crippen LogP contribution in [0.4, 0.5) is 0 Å². The average molecular weight is 294 g/mol. The molecule has 1 aliphatic heterocycles. The first-order chi connectivity index (χ1) is 10.1. The quantitative estimate of drug-likeness (QED) is 0.873. The van der Waals surface area contributed by atoms with E-state index in [2.05, 4.69) is 5.32 Å². The Balaban J connectivity index is 1.98. The first-order valence-corrected chi connectivity index (χ1v) is 7.39. The molecule has 1 fully saturated rings. The second-order valence-electron chi connectivity index (χ2n) is 5.39. The summed E-state index contributed by atoms with van der Waals surface area (Å²) in [6.45, 7) is 2.25. The lowest BCUT2D eigenvalue weighted by molar-refractivity contribution is -0.136. The molecule has 0 aliphatic carbocycles. The number of aliphatic hydroxyl groups excluding tert-OH is 1. The number of likely N-dealkylation sites (tertiary alicyclic amines) is 1. The van der Waals surface area contributed by atoms with E-state index < -0.39 is 11.9 Å². The highest BCUT2D eigenvalue weighted by Gasteiger charge is 2.29. The Morgan fingerprint density at radius 2 is 2.29 bits per heavy atom. The van der Waals surface area contributed by atoms with Crippen LogP contribution in [0.15, 0.2) is 22.8 Å². The van der Waals surface area contributed by atoms with E-state index in [1.807, 2.05) is 0 Å². The van der Waals surface area contributed by atoms with Crippen molar-refractivity contribution in [1.29, 1.82) is 0 Å². The first kappa shape index (κ1) is 15.6. The van der Waals surface area contributed by atoms with E-state index in [-0.39, 0.29) is 24.3 Å². The van der Waals surface area contributed by atoms with Crippen molar-refractivity contribution >= 4 is 11.8 Å². The second kappa shape index (κ2) is 7.26. The SMILES string of the molecule is CC(NC(=O)c1ccco1)C(=O)N1CCCCCC1CO. The van der Waals surface area contributed by atoms with Gasteiger partial charge in [-0.2, -0.15) is 0 Å². The Hall–Kier alpha value is -1.82. The molecule has 0 radical (unpaired) electrons. The van der Waals surface area contributed by atoms with Crippen LogP contribution in [-0.4, -0.2) is 47.1 Å². The minimum absolute atomic E-state index is 0.0371. The molecule has 2 amide bonds. The number of nitrogens with one attached hydrogen (secondary N) is 1. The van der Waals surface area contributed by atoms with Gasteiger partial charge >= 0.3 is 0 Å². The Kier molecular flexibility index (Phi) is 5.38. The van der Waals surface area contributed by atoms with Crippen molar-refractivity contribution in [3.8, 4) is 0 Å². The lowest BCUT2D eigenvalue weighted by Gasteiger charge is -2.31. The molecule has 1 saturated heterocycles. The molecule has 6 nitrogen and oxygen atoms in total. The van der Waals surface area contributed by atoms with Gasteiger partial charge in [0.2, 0.25) is 5.91 Å². The van der Waals surface area contributed by atoms with Gasteiger partial charge < -0.3 is 19.7 Å². The van der Waals surface area contributed by atoms with Crippen LogP contribution in [0.2, 0.25) is 0 Å². The van der Waals surface area contributed by atoms with Gasteiger partial charge in [-0.25, -0.2) is 0 Å². The van der Waals surface area contributed by atoms with Crippen molar-refractivity contribution in [3.05, 3.63) is 24.2 Å². The van der Waals surface area contributed by atoms with Crippen LogP contribution in [-0.2, 0) is 4.79 Å². The van der Waals surface area contributed by atoms with E-state index in [1.165, 1.54) is 6.26 Å². The monoisotopic (exact) mass is 294 g/mol. The smallest absolute Gasteiger partial charge is 0.287 e. The Morgan fingerprint density at radius 1 is 1.48 bits per heavy atom. The molecular formula is C15H22N2O4. The molecule has 1 aromatic heterocycles. The third-order valence-corrected chi connectivity index (χ3v) is 3.83. The van der Waals surface area contributed by atoms with E-state index >= 15 is 0 Å². The zero-order valence-electron chi connectivity index (χ0n) is 12.2. The lowest BCUT2D eigenvalue weighted by Crippen LogP contribution is -2.51. The molecule has 6 heteroatoms. The topological polar surface area (TPSA) is 82.8 Å². The Bertz CT molecular complexity index is 472. The zero-order chi connectivity index (χ0) is 15.2. The van der Waals surface area contributed by atoms with Crippen molar-refractivity contribution in [2.75, 3.05) is 13.2 Å². The van der Waals surface area contributed by atoms with E-state index in [1.54, 1.807) is 24.0 Å². The molecule has 0 bridgehead atoms. The number of hydrogen-bond donors (Lipinski definition) is 2. The highest BCUT2D eigenvalue weighted by Crippen LogP contribution is 2.17. The van der Waals surface area contributed by atoms with Crippen molar-refractivity contribution < 1.29 is 19.1 Å². The summed E-state index contributed by atoms with van der Waals surface area (Å²) in [5.41, 5.74) is 0. The molecule has 0 saturated carbocycles. The predicted molar refractivity (Wildman–Crippen MR) is 76.7 cm³/mol. The molecule has 0 aromatic carbocycles. The van der Waals surface area contributed by atoms with Crippen LogP contribution in [0.5, 0.6) is 0 Å². The number of carbonyl (C=O) groups excluding carboxylic acids is 2. The summed E-state index contributed by atoms with van der Waals surface area (Å²) in [5, 5.41) is 12.1. The number of carbonyl (C=O) groups is 2. The summed E-state index contributed by atoms with van der Waals surface area (Å²) >= 11 is 0. The van der Waals surface area contributed by atoms with Gasteiger partial charge in [-0.15, -0.1) is 0 Å². The molecular weight excluding hydrogens is 272 g/mol. The fourth-order valence-electron chi connectivity index (χ4n) is 2.64. The number of aliphatic hydroxyl groups is 1. The maximum Gasteiger partial charge on any atom is 0.287 e. The van der Waals surface area contributed by atoms with E-state index in [4.69, 9.17) is 4.42 Å². The van der Waals surface area contributed by atoms with E-state index in [0.29, 0.717) is 6.54 Å². The number of rotatable bonds is 4. The summed E-state index contributed by atoms with van der Waals surface area (Å²) in [6, 6.07) is 2.38. The van der Waals surface area contributed by atoms with Crippen LogP contribution in [0.25, 0.3) is 0 Å². The van der Waals surface area contributed by atoms with Crippen LogP contribution >= 0.6 is 0 Å². The maximum atomic E-state index is 12.5. The highest BCUT2D eigenvalue weighted by atomic mass is 16.3. The zero-order valence-corrected chi connectivity index (χ0v) is 12.2. The van der Waals surface area contributed by atoms with Crippen molar-refractivity contribution in [3.63, 3.8) is 0 Å². The molecule has 2 unspecified atom stereocenters. The molecule has 21 heavy (non-hydrogen) atoms. The number of nitrogens with zero attached hydrogens (tertiary/aromatic N) is 1. The van der Waals surface area contributed by atoms with Crippen LogP contribution in [0.1, 0.15) is 43.2 Å². The molecule has 2 N–H and O–H groups in total. The van der Waals surface area contributed by atoms with Crippen molar-refractivity contribution in [2.24, 2.45) is 0 Å². The molecule has 2 atom stereocenters. The fourth-order valence-corrected chi connectivity index (χ4v) is 2.64. The van der Waals surface area contributed by atoms with Crippen LogP contribution in [0.3, 0.4) is 0 Å². The molecule has 116 valence electrons. The van der Waals surface area contributed by atoms with Gasteiger partial charge in [0.25, 0.3) is 5.91 Å². The average Bonchev–Trinajstić information content (AvgIpc) is 2.91. The Morgan fingerprint density at radius 3 is 2.95 bits per heavy atom.